The zero-order chi connectivity index (χ0) is 21.8. The molecule has 0 saturated carbocycles. The molecule has 0 radical (unpaired) electrons. The van der Waals surface area contributed by atoms with E-state index >= 15 is 0 Å². The lowest BCUT2D eigenvalue weighted by atomic mass is 10.1. The van der Waals surface area contributed by atoms with Crippen molar-refractivity contribution in [1.82, 2.24) is 14.5 Å². The molecule has 0 atom stereocenters. The van der Waals surface area contributed by atoms with Crippen molar-refractivity contribution in [3.63, 3.8) is 0 Å². The summed E-state index contributed by atoms with van der Waals surface area (Å²) in [6.45, 7) is 2.34. The third-order valence-corrected chi connectivity index (χ3v) is 5.24. The summed E-state index contributed by atoms with van der Waals surface area (Å²) in [5.41, 5.74) is 3.78. The van der Waals surface area contributed by atoms with Gasteiger partial charge < -0.3 is 14.6 Å². The van der Waals surface area contributed by atoms with E-state index in [1.807, 2.05) is 42.8 Å². The highest BCUT2D eigenvalue weighted by Gasteiger charge is 2.13. The molecule has 2 aromatic carbocycles. The van der Waals surface area contributed by atoms with Crippen LogP contribution in [0.3, 0.4) is 0 Å². The van der Waals surface area contributed by atoms with Crippen LogP contribution in [0.5, 0.6) is 5.75 Å². The van der Waals surface area contributed by atoms with Crippen molar-refractivity contribution in [2.45, 2.75) is 13.5 Å². The van der Waals surface area contributed by atoms with E-state index in [4.69, 9.17) is 16.3 Å². The molecule has 0 unspecified atom stereocenters. The van der Waals surface area contributed by atoms with Crippen LogP contribution < -0.4 is 10.1 Å². The maximum absolute atomic E-state index is 12.7. The Morgan fingerprint density at radius 3 is 2.58 bits per heavy atom. The molecule has 1 amide bonds. The molecule has 0 fully saturated rings. The molecule has 0 saturated heterocycles. The van der Waals surface area contributed by atoms with Crippen molar-refractivity contribution in [2.24, 2.45) is 7.05 Å². The number of pyridine rings is 1. The molecule has 1 N–H and O–H groups in total. The first-order chi connectivity index (χ1) is 15.0. The summed E-state index contributed by atoms with van der Waals surface area (Å²) in [5, 5.41) is 3.48. The molecule has 7 heteroatoms. The van der Waals surface area contributed by atoms with Crippen LogP contribution in [0.2, 0.25) is 5.02 Å². The third kappa shape index (κ3) is 4.75. The number of aryl methyl sites for hydroxylation is 1. The number of aromatic nitrogens is 3. The predicted octanol–water partition coefficient (Wildman–Crippen LogP) is 5.28. The van der Waals surface area contributed by atoms with Gasteiger partial charge in [0.2, 0.25) is 0 Å². The number of amides is 1. The van der Waals surface area contributed by atoms with Crippen LogP contribution in [0.1, 0.15) is 21.7 Å². The molecule has 2 aromatic heterocycles. The number of carbonyl (C=O) groups excluding carboxylic acids is 1. The fourth-order valence-electron chi connectivity index (χ4n) is 3.07. The van der Waals surface area contributed by atoms with E-state index < -0.39 is 0 Å². The fourth-order valence-corrected chi connectivity index (χ4v) is 3.27. The van der Waals surface area contributed by atoms with Gasteiger partial charge in [-0.05, 0) is 61.5 Å². The first-order valence-electron chi connectivity index (χ1n) is 9.73. The highest BCUT2D eigenvalue weighted by molar-refractivity contribution is 6.33. The molecule has 0 spiro atoms. The molecule has 0 aliphatic carbocycles. The van der Waals surface area contributed by atoms with Crippen LogP contribution in [0.4, 0.5) is 5.69 Å². The zero-order valence-corrected chi connectivity index (χ0v) is 17.9. The standard InChI is InChI=1S/C24H21ClN4O2/c1-16-14-27-23(29(16)2)21-13-18(8-11-22(21)25)28-24(30)17-6-9-20(10-7-17)31-15-19-5-3-4-12-26-19/h3-14H,15H2,1-2H3,(H,28,30). The second-order valence-corrected chi connectivity index (χ2v) is 7.47. The maximum atomic E-state index is 12.7. The van der Waals surface area contributed by atoms with Gasteiger partial charge in [-0.25, -0.2) is 4.98 Å². The molecule has 6 nitrogen and oxygen atoms in total. The second-order valence-electron chi connectivity index (χ2n) is 7.07. The van der Waals surface area contributed by atoms with Crippen molar-refractivity contribution < 1.29 is 9.53 Å². The molecule has 0 aliphatic rings. The Kier molecular flexibility index (Phi) is 6.00. The van der Waals surface area contributed by atoms with Gasteiger partial charge in [-0.3, -0.25) is 9.78 Å². The molecule has 4 rings (SSSR count). The van der Waals surface area contributed by atoms with E-state index in [0.29, 0.717) is 28.6 Å². The zero-order valence-electron chi connectivity index (χ0n) is 17.2. The fraction of sp³-hybridized carbons (Fsp3) is 0.125. The lowest BCUT2D eigenvalue weighted by molar-refractivity contribution is 0.102. The average Bonchev–Trinajstić information content (AvgIpc) is 3.13. The number of nitrogens with one attached hydrogen (secondary N) is 1. The summed E-state index contributed by atoms with van der Waals surface area (Å²) >= 11 is 6.37. The van der Waals surface area contributed by atoms with Gasteiger partial charge in [0.05, 0.1) is 10.7 Å². The Hall–Kier alpha value is -3.64. The van der Waals surface area contributed by atoms with Crippen molar-refractivity contribution in [1.29, 1.82) is 0 Å². The number of benzene rings is 2. The van der Waals surface area contributed by atoms with E-state index in [1.165, 1.54) is 0 Å². The van der Waals surface area contributed by atoms with Crippen LogP contribution >= 0.6 is 11.6 Å². The number of hydrogen-bond acceptors (Lipinski definition) is 4. The Labute approximate surface area is 185 Å². The Morgan fingerprint density at radius 2 is 1.90 bits per heavy atom. The highest BCUT2D eigenvalue weighted by Crippen LogP contribution is 2.30. The van der Waals surface area contributed by atoms with Gasteiger partial charge in [0.1, 0.15) is 18.2 Å². The summed E-state index contributed by atoms with van der Waals surface area (Å²) in [6, 6.07) is 18.0. The van der Waals surface area contributed by atoms with Gasteiger partial charge in [-0.1, -0.05) is 17.7 Å². The van der Waals surface area contributed by atoms with Gasteiger partial charge in [-0.2, -0.15) is 0 Å². The molecule has 2 heterocycles. The lowest BCUT2D eigenvalue weighted by Gasteiger charge is -2.11. The van der Waals surface area contributed by atoms with E-state index in [2.05, 4.69) is 15.3 Å². The van der Waals surface area contributed by atoms with Crippen LogP contribution in [-0.2, 0) is 13.7 Å². The minimum atomic E-state index is -0.222. The second kappa shape index (κ2) is 9.02. The average molecular weight is 433 g/mol. The van der Waals surface area contributed by atoms with Gasteiger partial charge in [0, 0.05) is 41.9 Å². The largest absolute Gasteiger partial charge is 0.487 e. The Balaban J connectivity index is 1.44. The highest BCUT2D eigenvalue weighted by atomic mass is 35.5. The number of hydrogen-bond donors (Lipinski definition) is 1. The lowest BCUT2D eigenvalue weighted by Crippen LogP contribution is -2.12. The van der Waals surface area contributed by atoms with E-state index in [9.17, 15) is 4.79 Å². The number of carbonyl (C=O) groups is 1. The van der Waals surface area contributed by atoms with Crippen molar-refractivity contribution in [2.75, 3.05) is 5.32 Å². The predicted molar refractivity (Wildman–Crippen MR) is 121 cm³/mol. The smallest absolute Gasteiger partial charge is 0.255 e. The van der Waals surface area contributed by atoms with Crippen molar-refractivity contribution in [3.8, 4) is 17.1 Å². The number of halogens is 1. The molecular formula is C24H21ClN4O2. The normalized spacial score (nSPS) is 10.7. The molecule has 0 bridgehead atoms. The molecule has 0 aliphatic heterocycles. The van der Waals surface area contributed by atoms with Crippen LogP contribution in [0.15, 0.2) is 73.1 Å². The number of rotatable bonds is 6. The number of ether oxygens (including phenoxy) is 1. The van der Waals surface area contributed by atoms with E-state index in [0.717, 1.165) is 22.8 Å². The first-order valence-corrected chi connectivity index (χ1v) is 10.1. The first kappa shape index (κ1) is 20.6. The van der Waals surface area contributed by atoms with Gasteiger partial charge in [0.15, 0.2) is 0 Å². The molecular weight excluding hydrogens is 412 g/mol. The van der Waals surface area contributed by atoms with Crippen LogP contribution in [-0.4, -0.2) is 20.4 Å². The van der Waals surface area contributed by atoms with E-state index in [1.54, 1.807) is 48.8 Å². The molecule has 156 valence electrons. The number of nitrogens with zero attached hydrogens (tertiary/aromatic N) is 3. The summed E-state index contributed by atoms with van der Waals surface area (Å²) in [7, 11) is 1.93. The van der Waals surface area contributed by atoms with Crippen molar-refractivity contribution >= 4 is 23.2 Å². The van der Waals surface area contributed by atoms with Crippen LogP contribution in [0, 0.1) is 6.92 Å². The topological polar surface area (TPSA) is 69.0 Å². The number of anilines is 1. The van der Waals surface area contributed by atoms with Gasteiger partial charge in [0.25, 0.3) is 5.91 Å². The Morgan fingerprint density at radius 1 is 1.10 bits per heavy atom. The molecule has 4 aromatic rings. The van der Waals surface area contributed by atoms with Crippen molar-refractivity contribution in [3.05, 3.63) is 95.0 Å². The van der Waals surface area contributed by atoms with Gasteiger partial charge >= 0.3 is 0 Å². The number of imidazole rings is 1. The molecule has 31 heavy (non-hydrogen) atoms. The third-order valence-electron chi connectivity index (χ3n) is 4.91. The SMILES string of the molecule is Cc1cnc(-c2cc(NC(=O)c3ccc(OCc4ccccn4)cc3)ccc2Cl)n1C. The summed E-state index contributed by atoms with van der Waals surface area (Å²) in [6.07, 6.45) is 3.51. The monoisotopic (exact) mass is 432 g/mol. The summed E-state index contributed by atoms with van der Waals surface area (Å²) in [5.74, 6) is 1.19. The van der Waals surface area contributed by atoms with Gasteiger partial charge in [-0.15, -0.1) is 0 Å². The maximum Gasteiger partial charge on any atom is 0.255 e. The van der Waals surface area contributed by atoms with E-state index in [-0.39, 0.29) is 5.91 Å². The minimum Gasteiger partial charge on any atom is -0.487 e. The quantitative estimate of drug-likeness (QED) is 0.450. The minimum absolute atomic E-state index is 0.222. The van der Waals surface area contributed by atoms with Crippen LogP contribution in [0.25, 0.3) is 11.4 Å². The summed E-state index contributed by atoms with van der Waals surface area (Å²) < 4.78 is 7.67. The Bertz CT molecular complexity index is 1200. The summed E-state index contributed by atoms with van der Waals surface area (Å²) in [4.78, 5) is 21.3.